The van der Waals surface area contributed by atoms with Gasteiger partial charge in [-0.3, -0.25) is 0 Å². The van der Waals surface area contributed by atoms with Crippen LogP contribution >= 0.6 is 0 Å². The van der Waals surface area contributed by atoms with Crippen molar-refractivity contribution in [3.63, 3.8) is 0 Å². The average molecular weight is 336 g/mol. The van der Waals surface area contributed by atoms with Crippen LogP contribution in [0.25, 0.3) is 11.2 Å². The number of pyridine rings is 1. The fourth-order valence-electron chi connectivity index (χ4n) is 3.24. The van der Waals surface area contributed by atoms with Gasteiger partial charge in [-0.25, -0.2) is 4.98 Å². The van der Waals surface area contributed by atoms with Crippen molar-refractivity contribution in [3.8, 4) is 0 Å². The minimum absolute atomic E-state index is 0.589. The summed E-state index contributed by atoms with van der Waals surface area (Å²) in [6.45, 7) is 2.80. The molecule has 1 N–H and O–H groups in total. The van der Waals surface area contributed by atoms with E-state index >= 15 is 0 Å². The summed E-state index contributed by atoms with van der Waals surface area (Å²) in [5.74, 6) is 1.01. The van der Waals surface area contributed by atoms with Crippen molar-refractivity contribution in [2.45, 2.75) is 12.6 Å². The lowest BCUT2D eigenvalue weighted by Crippen LogP contribution is -2.58. The number of anilines is 2. The van der Waals surface area contributed by atoms with E-state index in [9.17, 15) is 0 Å². The van der Waals surface area contributed by atoms with Crippen molar-refractivity contribution < 1.29 is 0 Å². The Morgan fingerprint density at radius 3 is 2.64 bits per heavy atom. The van der Waals surface area contributed by atoms with Crippen molar-refractivity contribution in [1.82, 2.24) is 19.4 Å². The number of benzene rings is 1. The molecule has 2 aromatic heterocycles. The van der Waals surface area contributed by atoms with Crippen LogP contribution in [0.1, 0.15) is 5.56 Å². The van der Waals surface area contributed by atoms with Gasteiger partial charge in [0.1, 0.15) is 0 Å². The van der Waals surface area contributed by atoms with Crippen LogP contribution in [0.5, 0.6) is 0 Å². The quantitative estimate of drug-likeness (QED) is 0.775. The van der Waals surface area contributed by atoms with E-state index in [0.29, 0.717) is 6.04 Å². The molecule has 0 amide bonds. The van der Waals surface area contributed by atoms with Gasteiger partial charge in [0.2, 0.25) is 5.95 Å². The third-order valence-corrected chi connectivity index (χ3v) is 4.93. The summed E-state index contributed by atoms with van der Waals surface area (Å²) < 4.78 is 2.28. The van der Waals surface area contributed by atoms with Crippen LogP contribution in [-0.2, 0) is 6.54 Å². The maximum atomic E-state index is 4.83. The van der Waals surface area contributed by atoms with E-state index in [-0.39, 0.29) is 0 Å². The molecule has 0 spiro atoms. The molecular weight excluding hydrogens is 312 g/mol. The molecule has 0 atom stereocenters. The Morgan fingerprint density at radius 2 is 1.96 bits per heavy atom. The lowest BCUT2D eigenvalue weighted by atomic mass is 10.1. The van der Waals surface area contributed by atoms with Crippen LogP contribution < -0.4 is 10.2 Å². The van der Waals surface area contributed by atoms with Gasteiger partial charge in [-0.2, -0.15) is 4.98 Å². The Labute approximate surface area is 148 Å². The van der Waals surface area contributed by atoms with Crippen LogP contribution in [0, 0.1) is 0 Å². The molecule has 0 bridgehead atoms. The van der Waals surface area contributed by atoms with Crippen molar-refractivity contribution in [1.29, 1.82) is 0 Å². The molecule has 3 aromatic rings. The SMILES string of the molecule is CNc1cnc2nc(N3CC(N(C)C)C3)n(Cc3ccccc3)c2c1. The van der Waals surface area contributed by atoms with E-state index < -0.39 is 0 Å². The zero-order valence-corrected chi connectivity index (χ0v) is 15.0. The maximum absolute atomic E-state index is 4.83. The van der Waals surface area contributed by atoms with Crippen LogP contribution in [-0.4, -0.2) is 59.7 Å². The number of nitrogens with one attached hydrogen (secondary N) is 1. The lowest BCUT2D eigenvalue weighted by Gasteiger charge is -2.43. The lowest BCUT2D eigenvalue weighted by molar-refractivity contribution is 0.244. The Balaban J connectivity index is 1.74. The Morgan fingerprint density at radius 1 is 1.20 bits per heavy atom. The highest BCUT2D eigenvalue weighted by Crippen LogP contribution is 2.28. The summed E-state index contributed by atoms with van der Waals surface area (Å²) in [4.78, 5) is 14.0. The second-order valence-corrected chi connectivity index (χ2v) is 6.82. The summed E-state index contributed by atoms with van der Waals surface area (Å²) in [7, 11) is 6.18. The Hall–Kier alpha value is -2.60. The predicted octanol–water partition coefficient (Wildman–Crippen LogP) is 2.27. The van der Waals surface area contributed by atoms with E-state index in [0.717, 1.165) is 42.4 Å². The first-order chi connectivity index (χ1) is 12.2. The molecule has 1 saturated heterocycles. The van der Waals surface area contributed by atoms with E-state index in [1.807, 2.05) is 19.3 Å². The molecule has 0 aliphatic carbocycles. The van der Waals surface area contributed by atoms with E-state index in [4.69, 9.17) is 4.98 Å². The highest BCUT2D eigenvalue weighted by atomic mass is 15.4. The monoisotopic (exact) mass is 336 g/mol. The van der Waals surface area contributed by atoms with E-state index in [1.165, 1.54) is 5.56 Å². The number of rotatable bonds is 5. The fourth-order valence-corrected chi connectivity index (χ4v) is 3.24. The molecule has 1 fully saturated rings. The molecule has 4 rings (SSSR count). The molecule has 1 aliphatic rings. The second kappa shape index (κ2) is 6.37. The third kappa shape index (κ3) is 2.93. The molecule has 130 valence electrons. The molecule has 0 radical (unpaired) electrons. The van der Waals surface area contributed by atoms with Crippen molar-refractivity contribution >= 4 is 22.8 Å². The highest BCUT2D eigenvalue weighted by molar-refractivity contribution is 5.78. The Kier molecular flexibility index (Phi) is 4.05. The number of nitrogens with zero attached hydrogens (tertiary/aromatic N) is 5. The zero-order valence-electron chi connectivity index (χ0n) is 15.0. The molecule has 6 heteroatoms. The fraction of sp³-hybridized carbons (Fsp3) is 0.368. The molecule has 0 saturated carbocycles. The molecule has 6 nitrogen and oxygen atoms in total. The first-order valence-electron chi connectivity index (χ1n) is 8.65. The predicted molar refractivity (Wildman–Crippen MR) is 102 cm³/mol. The number of aromatic nitrogens is 3. The summed E-state index contributed by atoms with van der Waals surface area (Å²) >= 11 is 0. The summed E-state index contributed by atoms with van der Waals surface area (Å²) in [5, 5.41) is 3.17. The molecule has 1 aromatic carbocycles. The van der Waals surface area contributed by atoms with Gasteiger partial charge < -0.3 is 19.7 Å². The molecule has 3 heterocycles. The highest BCUT2D eigenvalue weighted by Gasteiger charge is 2.32. The number of imidazole rings is 1. The number of fused-ring (bicyclic) bond motifs is 1. The largest absolute Gasteiger partial charge is 0.387 e. The summed E-state index contributed by atoms with van der Waals surface area (Å²) in [6, 6.07) is 13.2. The van der Waals surface area contributed by atoms with Gasteiger partial charge in [-0.15, -0.1) is 0 Å². The van der Waals surface area contributed by atoms with Crippen LogP contribution in [0.3, 0.4) is 0 Å². The van der Waals surface area contributed by atoms with Gasteiger partial charge in [0, 0.05) is 26.2 Å². The molecule has 1 aliphatic heterocycles. The van der Waals surface area contributed by atoms with Gasteiger partial charge in [-0.05, 0) is 25.7 Å². The van der Waals surface area contributed by atoms with Crippen molar-refractivity contribution in [2.24, 2.45) is 0 Å². The van der Waals surface area contributed by atoms with Crippen molar-refractivity contribution in [3.05, 3.63) is 48.2 Å². The smallest absolute Gasteiger partial charge is 0.208 e. The van der Waals surface area contributed by atoms with Gasteiger partial charge in [-0.1, -0.05) is 30.3 Å². The van der Waals surface area contributed by atoms with Gasteiger partial charge >= 0.3 is 0 Å². The standard InChI is InChI=1S/C19H24N6/c1-20-15-9-17-18(21-10-15)22-19(24-12-16(13-24)23(2)3)25(17)11-14-7-5-4-6-8-14/h4-10,16,20H,11-13H2,1-3H3. The number of likely N-dealkylation sites (N-methyl/N-ethyl adjacent to an activating group) is 1. The van der Waals surface area contributed by atoms with Gasteiger partial charge in [0.15, 0.2) is 5.65 Å². The Bertz CT molecular complexity index is 864. The van der Waals surface area contributed by atoms with Gasteiger partial charge in [0.25, 0.3) is 0 Å². The number of hydrogen-bond acceptors (Lipinski definition) is 5. The first kappa shape index (κ1) is 15.9. The van der Waals surface area contributed by atoms with Crippen LogP contribution in [0.15, 0.2) is 42.6 Å². The average Bonchev–Trinajstić information content (AvgIpc) is 2.91. The second-order valence-electron chi connectivity index (χ2n) is 6.82. The number of hydrogen-bond donors (Lipinski definition) is 1. The van der Waals surface area contributed by atoms with Crippen molar-refractivity contribution in [2.75, 3.05) is 44.4 Å². The normalized spacial score (nSPS) is 15.0. The topological polar surface area (TPSA) is 49.2 Å². The minimum Gasteiger partial charge on any atom is -0.387 e. The third-order valence-electron chi connectivity index (χ3n) is 4.93. The van der Waals surface area contributed by atoms with Crippen LogP contribution in [0.4, 0.5) is 11.6 Å². The minimum atomic E-state index is 0.589. The molecule has 0 unspecified atom stereocenters. The summed E-state index contributed by atoms with van der Waals surface area (Å²) in [5.41, 5.74) is 4.14. The molecule has 25 heavy (non-hydrogen) atoms. The summed E-state index contributed by atoms with van der Waals surface area (Å²) in [6.07, 6.45) is 1.84. The van der Waals surface area contributed by atoms with E-state index in [1.54, 1.807) is 0 Å². The van der Waals surface area contributed by atoms with E-state index in [2.05, 4.69) is 69.1 Å². The zero-order chi connectivity index (χ0) is 17.4. The molecular formula is C19H24N6. The maximum Gasteiger partial charge on any atom is 0.208 e. The van der Waals surface area contributed by atoms with Gasteiger partial charge in [0.05, 0.1) is 23.9 Å². The van der Waals surface area contributed by atoms with Crippen LogP contribution in [0.2, 0.25) is 0 Å². The first-order valence-corrected chi connectivity index (χ1v) is 8.65.